The van der Waals surface area contributed by atoms with Crippen LogP contribution in [0.2, 0.25) is 0 Å². The Morgan fingerprint density at radius 2 is 2.27 bits per heavy atom. The first kappa shape index (κ1) is 14.7. The maximum absolute atomic E-state index is 11.4. The van der Waals surface area contributed by atoms with E-state index in [1.54, 1.807) is 11.8 Å². The van der Waals surface area contributed by atoms with Gasteiger partial charge in [-0.3, -0.25) is 4.79 Å². The molecule has 0 bridgehead atoms. The van der Waals surface area contributed by atoms with E-state index in [0.29, 0.717) is 19.6 Å². The van der Waals surface area contributed by atoms with Crippen molar-refractivity contribution in [1.82, 2.24) is 5.32 Å². The smallest absolute Gasteiger partial charge is 0.222 e. The molecule has 5 heteroatoms. The summed E-state index contributed by atoms with van der Waals surface area (Å²) in [5.41, 5.74) is 0. The van der Waals surface area contributed by atoms with E-state index in [2.05, 4.69) is 5.32 Å². The molecule has 0 aromatic heterocycles. The highest BCUT2D eigenvalue weighted by Crippen LogP contribution is 2.10. The van der Waals surface area contributed by atoms with Crippen LogP contribution in [0.15, 0.2) is 0 Å². The lowest BCUT2D eigenvalue weighted by molar-refractivity contribution is -0.122. The van der Waals surface area contributed by atoms with Gasteiger partial charge < -0.3 is 15.2 Å². The molecular weight excluding hydrogens is 214 g/mol. The Labute approximate surface area is 95.8 Å². The summed E-state index contributed by atoms with van der Waals surface area (Å²) in [5, 5.41) is 11.9. The molecule has 2 N–H and O–H groups in total. The van der Waals surface area contributed by atoms with Gasteiger partial charge in [0, 0.05) is 24.3 Å². The van der Waals surface area contributed by atoms with Crippen molar-refractivity contribution in [2.75, 3.05) is 26.1 Å². The van der Waals surface area contributed by atoms with Crippen molar-refractivity contribution in [3.05, 3.63) is 0 Å². The number of aliphatic hydroxyl groups is 1. The van der Waals surface area contributed by atoms with Crippen LogP contribution in [0.4, 0.5) is 0 Å². The predicted molar refractivity (Wildman–Crippen MR) is 63.1 cm³/mol. The minimum atomic E-state index is -0.0246. The van der Waals surface area contributed by atoms with Crippen LogP contribution in [0.3, 0.4) is 0 Å². The van der Waals surface area contributed by atoms with E-state index >= 15 is 0 Å². The van der Waals surface area contributed by atoms with Crippen LogP contribution in [0, 0.1) is 0 Å². The van der Waals surface area contributed by atoms with Crippen molar-refractivity contribution in [2.45, 2.75) is 31.6 Å². The Morgan fingerprint density at radius 3 is 2.73 bits per heavy atom. The van der Waals surface area contributed by atoms with E-state index in [1.165, 1.54) is 0 Å². The number of amides is 1. The lowest BCUT2D eigenvalue weighted by Crippen LogP contribution is -2.41. The van der Waals surface area contributed by atoms with Crippen LogP contribution in [0.1, 0.15) is 20.3 Å². The second-order valence-corrected chi connectivity index (χ2v) is 4.34. The van der Waals surface area contributed by atoms with Crippen molar-refractivity contribution in [1.29, 1.82) is 0 Å². The number of aliphatic hydroxyl groups excluding tert-OH is 1. The normalized spacial score (nSPS) is 14.7. The van der Waals surface area contributed by atoms with Crippen LogP contribution in [0.5, 0.6) is 0 Å². The van der Waals surface area contributed by atoms with Crippen LogP contribution >= 0.6 is 11.8 Å². The number of hydrogen-bond donors (Lipinski definition) is 2. The fourth-order valence-electron chi connectivity index (χ4n) is 1.17. The molecule has 0 aliphatic carbocycles. The summed E-state index contributed by atoms with van der Waals surface area (Å²) in [7, 11) is 0. The first-order chi connectivity index (χ1) is 7.15. The first-order valence-electron chi connectivity index (χ1n) is 5.16. The van der Waals surface area contributed by atoms with Crippen molar-refractivity contribution >= 4 is 17.7 Å². The van der Waals surface area contributed by atoms with E-state index in [1.807, 2.05) is 20.1 Å². The molecule has 0 aliphatic heterocycles. The van der Waals surface area contributed by atoms with Gasteiger partial charge in [0.25, 0.3) is 0 Å². The molecule has 0 saturated heterocycles. The number of nitrogens with one attached hydrogen (secondary N) is 1. The number of carbonyl (C=O) groups excluding carboxylic acids is 1. The zero-order valence-corrected chi connectivity index (χ0v) is 10.5. The number of rotatable bonds is 8. The third kappa shape index (κ3) is 6.76. The highest BCUT2D eigenvalue weighted by atomic mass is 32.2. The Balaban J connectivity index is 3.74. The van der Waals surface area contributed by atoms with Crippen molar-refractivity contribution < 1.29 is 14.6 Å². The van der Waals surface area contributed by atoms with E-state index in [0.717, 1.165) is 0 Å². The third-order valence-electron chi connectivity index (χ3n) is 2.11. The first-order valence-corrected chi connectivity index (χ1v) is 6.45. The summed E-state index contributed by atoms with van der Waals surface area (Å²) >= 11 is 1.55. The van der Waals surface area contributed by atoms with Crippen molar-refractivity contribution in [3.8, 4) is 0 Å². The molecule has 0 aliphatic rings. The number of thioether (sulfide) groups is 1. The minimum Gasteiger partial charge on any atom is -0.395 e. The summed E-state index contributed by atoms with van der Waals surface area (Å²) in [6.07, 6.45) is 2.30. The molecule has 0 rings (SSSR count). The number of carbonyl (C=O) groups is 1. The van der Waals surface area contributed by atoms with Crippen molar-refractivity contribution in [3.63, 3.8) is 0 Å². The Hall–Kier alpha value is -0.260. The van der Waals surface area contributed by atoms with E-state index in [9.17, 15) is 4.79 Å². The summed E-state index contributed by atoms with van der Waals surface area (Å²) in [5.74, 6) is -0.0246. The maximum atomic E-state index is 11.4. The Morgan fingerprint density at radius 1 is 1.60 bits per heavy atom. The average molecular weight is 235 g/mol. The molecule has 0 aromatic carbocycles. The van der Waals surface area contributed by atoms with Crippen LogP contribution < -0.4 is 5.32 Å². The predicted octanol–water partition coefficient (Wildman–Crippen LogP) is 0.642. The van der Waals surface area contributed by atoms with Gasteiger partial charge in [-0.05, 0) is 20.1 Å². The monoisotopic (exact) mass is 235 g/mol. The molecule has 4 nitrogen and oxygen atoms in total. The highest BCUT2D eigenvalue weighted by molar-refractivity contribution is 7.99. The van der Waals surface area contributed by atoms with Crippen molar-refractivity contribution in [2.24, 2.45) is 0 Å². The van der Waals surface area contributed by atoms with E-state index in [4.69, 9.17) is 9.84 Å². The van der Waals surface area contributed by atoms with Gasteiger partial charge in [0.2, 0.25) is 5.91 Å². The molecule has 0 radical (unpaired) electrons. The number of hydrogen-bond acceptors (Lipinski definition) is 4. The molecule has 0 saturated carbocycles. The molecule has 90 valence electrons. The average Bonchev–Trinajstić information content (AvgIpc) is 2.20. The molecule has 2 unspecified atom stereocenters. The molecule has 0 fully saturated rings. The lowest BCUT2D eigenvalue weighted by atomic mass is 10.2. The molecule has 0 spiro atoms. The van der Waals surface area contributed by atoms with Gasteiger partial charge in [0.05, 0.1) is 13.2 Å². The molecule has 0 heterocycles. The van der Waals surface area contributed by atoms with Crippen LogP contribution in [-0.4, -0.2) is 48.4 Å². The van der Waals surface area contributed by atoms with E-state index in [-0.39, 0.29) is 23.8 Å². The molecule has 0 aromatic rings. The highest BCUT2D eigenvalue weighted by Gasteiger charge is 2.16. The van der Waals surface area contributed by atoms with Gasteiger partial charge in [0.1, 0.15) is 0 Å². The fourth-order valence-corrected chi connectivity index (χ4v) is 1.79. The molecule has 1 amide bonds. The van der Waals surface area contributed by atoms with Gasteiger partial charge in [-0.1, -0.05) is 0 Å². The quantitative estimate of drug-likeness (QED) is 0.606. The summed E-state index contributed by atoms with van der Waals surface area (Å²) < 4.78 is 5.08. The SMILES string of the molecule is CCOCCC(=O)NC(C)C(CO)SC. The van der Waals surface area contributed by atoms with Crippen LogP contribution in [-0.2, 0) is 9.53 Å². The third-order valence-corrected chi connectivity index (χ3v) is 3.27. The Kier molecular flexibility index (Phi) is 8.85. The number of ether oxygens (including phenoxy) is 1. The second kappa shape index (κ2) is 9.00. The molecule has 15 heavy (non-hydrogen) atoms. The van der Waals surface area contributed by atoms with Gasteiger partial charge in [-0.25, -0.2) is 0 Å². The fraction of sp³-hybridized carbons (Fsp3) is 0.900. The standard InChI is InChI=1S/C10H21NO3S/c1-4-14-6-5-10(13)11-8(2)9(7-12)15-3/h8-9,12H,4-7H2,1-3H3,(H,11,13). The zero-order valence-electron chi connectivity index (χ0n) is 9.66. The lowest BCUT2D eigenvalue weighted by Gasteiger charge is -2.21. The van der Waals surface area contributed by atoms with Gasteiger partial charge in [-0.2, -0.15) is 11.8 Å². The largest absolute Gasteiger partial charge is 0.395 e. The molecular formula is C10H21NO3S. The second-order valence-electron chi connectivity index (χ2n) is 3.26. The zero-order chi connectivity index (χ0) is 11.7. The van der Waals surface area contributed by atoms with E-state index < -0.39 is 0 Å². The van der Waals surface area contributed by atoms with Crippen LogP contribution in [0.25, 0.3) is 0 Å². The molecule has 2 atom stereocenters. The minimum absolute atomic E-state index is 0.0147. The topological polar surface area (TPSA) is 58.6 Å². The van der Waals surface area contributed by atoms with Gasteiger partial charge >= 0.3 is 0 Å². The van der Waals surface area contributed by atoms with Gasteiger partial charge in [0.15, 0.2) is 0 Å². The maximum Gasteiger partial charge on any atom is 0.222 e. The van der Waals surface area contributed by atoms with Gasteiger partial charge in [-0.15, -0.1) is 0 Å². The summed E-state index contributed by atoms with van der Waals surface area (Å²) in [6, 6.07) is -0.0147. The summed E-state index contributed by atoms with van der Waals surface area (Å²) in [6.45, 7) is 4.96. The Bertz CT molecular complexity index is 174. The summed E-state index contributed by atoms with van der Waals surface area (Å²) in [4.78, 5) is 11.4.